The largest absolute Gasteiger partial charge is 0.393 e. The standard InChI is InChI=1S/C27H27Cl3F4N4O/c1-37-23-11-22(38-6-2-3-16(13-38)27(32,33)34)20(29)10-21(23)36-24(37)9-18-19(28)5-4-14(25(18)30)12-35-26(39)15-7-17(31)8-15/h4-5,10-11,15-17H,2-3,6-9,12-13H2,1H3,(H,35,39). The molecule has 1 atom stereocenters. The predicted molar refractivity (Wildman–Crippen MR) is 145 cm³/mol. The van der Waals surface area contributed by atoms with Gasteiger partial charge in [0, 0.05) is 44.0 Å². The minimum atomic E-state index is -4.25. The molecule has 1 aromatic heterocycles. The molecular weight excluding hydrogens is 579 g/mol. The molecule has 0 bridgehead atoms. The highest BCUT2D eigenvalue weighted by molar-refractivity contribution is 6.36. The number of hydrogen-bond donors (Lipinski definition) is 1. The lowest BCUT2D eigenvalue weighted by Gasteiger charge is -2.35. The normalized spacial score (nSPS) is 21.7. The second-order valence-electron chi connectivity index (χ2n) is 10.4. The lowest BCUT2D eigenvalue weighted by atomic mass is 9.83. The number of halogens is 7. The fraction of sp³-hybridized carbons (Fsp3) is 0.481. The van der Waals surface area contributed by atoms with Gasteiger partial charge in [-0.1, -0.05) is 40.9 Å². The summed E-state index contributed by atoms with van der Waals surface area (Å²) >= 11 is 19.7. The Morgan fingerprint density at radius 2 is 1.90 bits per heavy atom. The van der Waals surface area contributed by atoms with Crippen LogP contribution in [0.2, 0.25) is 15.1 Å². The molecule has 1 unspecified atom stereocenters. The number of rotatable bonds is 6. The summed E-state index contributed by atoms with van der Waals surface area (Å²) in [6.07, 6.45) is -3.86. The van der Waals surface area contributed by atoms with Gasteiger partial charge in [0.05, 0.1) is 32.7 Å². The second kappa shape index (κ2) is 11.0. The summed E-state index contributed by atoms with van der Waals surface area (Å²) in [6.45, 7) is 0.542. The Morgan fingerprint density at radius 1 is 1.15 bits per heavy atom. The van der Waals surface area contributed by atoms with E-state index in [0.29, 0.717) is 56.2 Å². The van der Waals surface area contributed by atoms with Crippen LogP contribution in [-0.2, 0) is 24.8 Å². The summed E-state index contributed by atoms with van der Waals surface area (Å²) in [4.78, 5) is 18.6. The van der Waals surface area contributed by atoms with Crippen LogP contribution >= 0.6 is 34.8 Å². The molecule has 3 aromatic rings. The van der Waals surface area contributed by atoms with Crippen LogP contribution < -0.4 is 10.2 Å². The molecular formula is C27H27Cl3F4N4O. The molecule has 210 valence electrons. The molecule has 1 amide bonds. The summed E-state index contributed by atoms with van der Waals surface area (Å²) in [5.74, 6) is -1.27. The van der Waals surface area contributed by atoms with Crippen LogP contribution in [0.5, 0.6) is 0 Å². The monoisotopic (exact) mass is 604 g/mol. The first-order valence-electron chi connectivity index (χ1n) is 12.8. The van der Waals surface area contributed by atoms with Crippen LogP contribution in [0, 0.1) is 11.8 Å². The highest BCUT2D eigenvalue weighted by atomic mass is 35.5. The van der Waals surface area contributed by atoms with Crippen molar-refractivity contribution in [2.45, 2.75) is 51.0 Å². The molecule has 1 aliphatic heterocycles. The number of anilines is 1. The van der Waals surface area contributed by atoms with Gasteiger partial charge in [0.2, 0.25) is 5.91 Å². The van der Waals surface area contributed by atoms with Gasteiger partial charge in [-0.15, -0.1) is 0 Å². The first-order chi connectivity index (χ1) is 18.4. The van der Waals surface area contributed by atoms with Crippen LogP contribution in [0.15, 0.2) is 24.3 Å². The van der Waals surface area contributed by atoms with Crippen molar-refractivity contribution < 1.29 is 22.4 Å². The molecule has 0 spiro atoms. The number of amides is 1. The Hall–Kier alpha value is -2.23. The highest BCUT2D eigenvalue weighted by Crippen LogP contribution is 2.39. The van der Waals surface area contributed by atoms with Crippen molar-refractivity contribution >= 4 is 57.4 Å². The van der Waals surface area contributed by atoms with Gasteiger partial charge in [0.1, 0.15) is 12.0 Å². The fourth-order valence-electron chi connectivity index (χ4n) is 5.31. The number of benzene rings is 2. The molecule has 2 heterocycles. The number of aromatic nitrogens is 2. The van der Waals surface area contributed by atoms with E-state index in [1.165, 1.54) is 0 Å². The van der Waals surface area contributed by atoms with E-state index < -0.39 is 18.3 Å². The Balaban J connectivity index is 1.38. The van der Waals surface area contributed by atoms with E-state index in [2.05, 4.69) is 5.32 Å². The second-order valence-corrected chi connectivity index (χ2v) is 11.6. The number of aryl methyl sites for hydroxylation is 1. The van der Waals surface area contributed by atoms with Crippen LogP contribution in [-0.4, -0.2) is 40.9 Å². The van der Waals surface area contributed by atoms with Gasteiger partial charge in [-0.3, -0.25) is 4.79 Å². The number of nitrogens with zero attached hydrogens (tertiary/aromatic N) is 3. The minimum absolute atomic E-state index is 0.110. The zero-order valence-electron chi connectivity index (χ0n) is 21.1. The Morgan fingerprint density at radius 3 is 2.59 bits per heavy atom. The van der Waals surface area contributed by atoms with Gasteiger partial charge in [0.25, 0.3) is 0 Å². The average molecular weight is 606 g/mol. The van der Waals surface area contributed by atoms with Crippen LogP contribution in [0.3, 0.4) is 0 Å². The van der Waals surface area contributed by atoms with E-state index in [-0.39, 0.29) is 50.6 Å². The van der Waals surface area contributed by atoms with Gasteiger partial charge in [-0.25, -0.2) is 9.37 Å². The summed E-state index contributed by atoms with van der Waals surface area (Å²) in [5, 5.41) is 4.00. The van der Waals surface area contributed by atoms with E-state index in [1.807, 2.05) is 11.6 Å². The molecule has 0 radical (unpaired) electrons. The van der Waals surface area contributed by atoms with Gasteiger partial charge < -0.3 is 14.8 Å². The number of imidazole rings is 1. The van der Waals surface area contributed by atoms with E-state index in [9.17, 15) is 22.4 Å². The SMILES string of the molecule is Cn1c(Cc2c(Cl)ccc(CNC(=O)C3CC(F)C3)c2Cl)nc2cc(Cl)c(N3CCCC(C(F)(F)F)C3)cc21. The molecule has 39 heavy (non-hydrogen) atoms. The molecule has 1 N–H and O–H groups in total. The van der Waals surface area contributed by atoms with Crippen LogP contribution in [0.1, 0.15) is 42.6 Å². The highest BCUT2D eigenvalue weighted by Gasteiger charge is 2.42. The van der Waals surface area contributed by atoms with Crippen molar-refractivity contribution in [3.63, 3.8) is 0 Å². The zero-order chi connectivity index (χ0) is 28.1. The van der Waals surface area contributed by atoms with Gasteiger partial charge in [-0.2, -0.15) is 13.2 Å². The van der Waals surface area contributed by atoms with E-state index >= 15 is 0 Å². The number of carbonyl (C=O) groups is 1. The lowest BCUT2D eigenvalue weighted by Crippen LogP contribution is -2.41. The topological polar surface area (TPSA) is 50.2 Å². The maximum absolute atomic E-state index is 13.4. The van der Waals surface area contributed by atoms with E-state index in [0.717, 1.165) is 5.52 Å². The van der Waals surface area contributed by atoms with Gasteiger partial charge >= 0.3 is 6.18 Å². The average Bonchev–Trinajstić information content (AvgIpc) is 3.16. The lowest BCUT2D eigenvalue weighted by molar-refractivity contribution is -0.176. The maximum Gasteiger partial charge on any atom is 0.393 e. The van der Waals surface area contributed by atoms with Gasteiger partial charge in [0.15, 0.2) is 0 Å². The van der Waals surface area contributed by atoms with Gasteiger partial charge in [-0.05, 0) is 55.0 Å². The number of hydrogen-bond acceptors (Lipinski definition) is 3. The number of fused-ring (bicyclic) bond motifs is 1. The molecule has 1 saturated heterocycles. The summed E-state index contributed by atoms with van der Waals surface area (Å²) in [7, 11) is 1.82. The van der Waals surface area contributed by atoms with Crippen molar-refractivity contribution in [2.24, 2.45) is 18.9 Å². The molecule has 5 rings (SSSR count). The van der Waals surface area contributed by atoms with E-state index in [1.54, 1.807) is 29.2 Å². The molecule has 12 heteroatoms. The van der Waals surface area contributed by atoms with Crippen molar-refractivity contribution in [3.05, 3.63) is 56.3 Å². The Bertz CT molecular complexity index is 1400. The van der Waals surface area contributed by atoms with Crippen molar-refractivity contribution in [1.29, 1.82) is 0 Å². The number of alkyl halides is 4. The number of nitrogens with one attached hydrogen (secondary N) is 1. The first kappa shape index (κ1) is 28.3. The van der Waals surface area contributed by atoms with E-state index in [4.69, 9.17) is 39.8 Å². The van der Waals surface area contributed by atoms with Crippen molar-refractivity contribution in [1.82, 2.24) is 14.9 Å². The summed E-state index contributed by atoms with van der Waals surface area (Å²) < 4.78 is 55.1. The first-order valence-corrected chi connectivity index (χ1v) is 13.9. The molecule has 5 nitrogen and oxygen atoms in total. The Labute approximate surface area is 238 Å². The molecule has 2 aromatic carbocycles. The number of carbonyl (C=O) groups excluding carboxylic acids is 1. The number of piperidine rings is 1. The third-order valence-electron chi connectivity index (χ3n) is 7.77. The molecule has 1 saturated carbocycles. The fourth-order valence-corrected chi connectivity index (χ4v) is 6.16. The third-order valence-corrected chi connectivity index (χ3v) is 8.90. The van der Waals surface area contributed by atoms with Crippen LogP contribution in [0.4, 0.5) is 23.2 Å². The molecule has 2 fully saturated rings. The Kier molecular flexibility index (Phi) is 7.97. The minimum Gasteiger partial charge on any atom is -0.370 e. The molecule has 1 aliphatic carbocycles. The predicted octanol–water partition coefficient (Wildman–Crippen LogP) is 7.27. The van der Waals surface area contributed by atoms with Crippen molar-refractivity contribution in [3.8, 4) is 0 Å². The quantitative estimate of drug-likeness (QED) is 0.301. The smallest absolute Gasteiger partial charge is 0.370 e. The maximum atomic E-state index is 13.4. The third kappa shape index (κ3) is 5.81. The van der Waals surface area contributed by atoms with Crippen LogP contribution in [0.25, 0.3) is 11.0 Å². The van der Waals surface area contributed by atoms with Crippen molar-refractivity contribution in [2.75, 3.05) is 18.0 Å². The molecule has 2 aliphatic rings. The summed E-state index contributed by atoms with van der Waals surface area (Å²) in [6, 6.07) is 6.90. The zero-order valence-corrected chi connectivity index (χ0v) is 23.4. The summed E-state index contributed by atoms with van der Waals surface area (Å²) in [5.41, 5.74) is 3.18.